The Labute approximate surface area is 147 Å². The van der Waals surface area contributed by atoms with Crippen LogP contribution in [0.4, 0.5) is 0 Å². The van der Waals surface area contributed by atoms with Crippen molar-refractivity contribution in [2.45, 2.75) is 51.2 Å². The zero-order valence-electron chi connectivity index (χ0n) is 14.0. The van der Waals surface area contributed by atoms with Crippen LogP contribution in [0.15, 0.2) is 28.8 Å². The van der Waals surface area contributed by atoms with Crippen molar-refractivity contribution >= 4 is 11.6 Å². The largest absolute Gasteiger partial charge is 0.393 e. The van der Waals surface area contributed by atoms with Gasteiger partial charge in [-0.3, -0.25) is 4.90 Å². The number of nitrogens with zero attached hydrogens (tertiary/aromatic N) is 3. The van der Waals surface area contributed by atoms with Gasteiger partial charge in [0.25, 0.3) is 0 Å². The van der Waals surface area contributed by atoms with Crippen molar-refractivity contribution in [2.75, 3.05) is 13.1 Å². The van der Waals surface area contributed by atoms with E-state index in [4.69, 9.17) is 16.1 Å². The van der Waals surface area contributed by atoms with Crippen LogP contribution in [0.2, 0.25) is 5.02 Å². The van der Waals surface area contributed by atoms with Crippen molar-refractivity contribution in [1.29, 1.82) is 0 Å². The first-order valence-electron chi connectivity index (χ1n) is 8.62. The van der Waals surface area contributed by atoms with Gasteiger partial charge in [0.2, 0.25) is 11.7 Å². The fraction of sp³-hybridized carbons (Fsp3) is 0.556. The van der Waals surface area contributed by atoms with E-state index >= 15 is 0 Å². The van der Waals surface area contributed by atoms with Gasteiger partial charge < -0.3 is 9.63 Å². The second kappa shape index (κ2) is 8.10. The number of hydrogen-bond donors (Lipinski definition) is 1. The van der Waals surface area contributed by atoms with E-state index in [0.717, 1.165) is 37.9 Å². The fourth-order valence-corrected chi connectivity index (χ4v) is 3.55. The summed E-state index contributed by atoms with van der Waals surface area (Å²) >= 11 is 6.01. The predicted molar refractivity (Wildman–Crippen MR) is 94.0 cm³/mol. The molecule has 6 heteroatoms. The molecule has 130 valence electrons. The maximum absolute atomic E-state index is 9.68. The lowest BCUT2D eigenvalue weighted by Gasteiger charge is -2.36. The number of aromatic nitrogens is 2. The molecule has 1 aromatic carbocycles. The van der Waals surface area contributed by atoms with E-state index in [0.29, 0.717) is 22.8 Å². The Hall–Kier alpha value is -1.43. The first-order chi connectivity index (χ1) is 11.6. The van der Waals surface area contributed by atoms with Gasteiger partial charge >= 0.3 is 0 Å². The number of aliphatic hydroxyl groups is 1. The molecule has 0 saturated carbocycles. The number of benzene rings is 1. The topological polar surface area (TPSA) is 62.4 Å². The summed E-state index contributed by atoms with van der Waals surface area (Å²) in [6.07, 6.45) is 4.92. The monoisotopic (exact) mass is 349 g/mol. The quantitative estimate of drug-likeness (QED) is 0.864. The minimum atomic E-state index is -0.256. The summed E-state index contributed by atoms with van der Waals surface area (Å²) in [5.41, 5.74) is 0.863. The lowest BCUT2D eigenvalue weighted by atomic mass is 9.97. The van der Waals surface area contributed by atoms with Crippen molar-refractivity contribution in [3.8, 4) is 11.4 Å². The standard InChI is InChI=1S/C18H24ClN3O2/c1-13(23)11-16-7-2-3-9-22(16)10-8-17-20-18(21-24-17)14-5-4-6-15(19)12-14/h4-6,12-13,16,23H,2-3,7-11H2,1H3/t13-,16+/m0/s1. The average Bonchev–Trinajstić information content (AvgIpc) is 3.02. The van der Waals surface area contributed by atoms with Gasteiger partial charge in [0, 0.05) is 29.6 Å². The molecule has 0 spiro atoms. The van der Waals surface area contributed by atoms with Crippen LogP contribution in [0.1, 0.15) is 38.5 Å². The normalized spacial score (nSPS) is 20.2. The number of piperidine rings is 1. The highest BCUT2D eigenvalue weighted by molar-refractivity contribution is 6.30. The molecule has 0 amide bonds. The van der Waals surface area contributed by atoms with Crippen molar-refractivity contribution in [2.24, 2.45) is 0 Å². The summed E-state index contributed by atoms with van der Waals surface area (Å²) in [4.78, 5) is 6.92. The van der Waals surface area contributed by atoms with Gasteiger partial charge in [-0.1, -0.05) is 35.3 Å². The van der Waals surface area contributed by atoms with Gasteiger partial charge in [0.15, 0.2) is 0 Å². The molecule has 0 radical (unpaired) electrons. The zero-order chi connectivity index (χ0) is 16.9. The van der Waals surface area contributed by atoms with Crippen LogP contribution in [0.3, 0.4) is 0 Å². The summed E-state index contributed by atoms with van der Waals surface area (Å²) in [6.45, 7) is 3.82. The Balaban J connectivity index is 1.60. The molecule has 5 nitrogen and oxygen atoms in total. The Kier molecular flexibility index (Phi) is 5.87. The van der Waals surface area contributed by atoms with Crippen molar-refractivity contribution in [3.05, 3.63) is 35.2 Å². The Morgan fingerprint density at radius 3 is 3.08 bits per heavy atom. The van der Waals surface area contributed by atoms with Gasteiger partial charge in [-0.05, 0) is 44.9 Å². The highest BCUT2D eigenvalue weighted by atomic mass is 35.5. The molecule has 3 rings (SSSR count). The fourth-order valence-electron chi connectivity index (χ4n) is 3.36. The highest BCUT2D eigenvalue weighted by Gasteiger charge is 2.24. The van der Waals surface area contributed by atoms with E-state index in [1.54, 1.807) is 0 Å². The van der Waals surface area contributed by atoms with Gasteiger partial charge in [-0.25, -0.2) is 0 Å². The van der Waals surface area contributed by atoms with Crippen LogP contribution in [-0.4, -0.2) is 45.4 Å². The van der Waals surface area contributed by atoms with E-state index in [1.165, 1.54) is 12.8 Å². The molecular weight excluding hydrogens is 326 g/mol. The number of rotatable bonds is 6. The highest BCUT2D eigenvalue weighted by Crippen LogP contribution is 2.22. The van der Waals surface area contributed by atoms with Crippen LogP contribution in [-0.2, 0) is 6.42 Å². The minimum Gasteiger partial charge on any atom is -0.393 e. The van der Waals surface area contributed by atoms with E-state index in [-0.39, 0.29) is 6.10 Å². The van der Waals surface area contributed by atoms with Crippen molar-refractivity contribution in [1.82, 2.24) is 15.0 Å². The van der Waals surface area contributed by atoms with Crippen molar-refractivity contribution in [3.63, 3.8) is 0 Å². The molecule has 24 heavy (non-hydrogen) atoms. The second-order valence-electron chi connectivity index (χ2n) is 6.54. The number of hydrogen-bond acceptors (Lipinski definition) is 5. The molecular formula is C18H24ClN3O2. The van der Waals surface area contributed by atoms with Gasteiger partial charge in [0.1, 0.15) is 0 Å². The number of aliphatic hydroxyl groups excluding tert-OH is 1. The minimum absolute atomic E-state index is 0.256. The van der Waals surface area contributed by atoms with Crippen molar-refractivity contribution < 1.29 is 9.63 Å². The Bertz CT molecular complexity index is 659. The molecule has 1 aliphatic rings. The van der Waals surface area contributed by atoms with Crippen LogP contribution in [0.5, 0.6) is 0 Å². The lowest BCUT2D eigenvalue weighted by molar-refractivity contribution is 0.0862. The molecule has 0 unspecified atom stereocenters. The van der Waals surface area contributed by atoms with E-state index < -0.39 is 0 Å². The SMILES string of the molecule is C[C@H](O)C[C@H]1CCCCN1CCc1nc(-c2cccc(Cl)c2)no1. The van der Waals surface area contributed by atoms with Crippen LogP contribution < -0.4 is 0 Å². The third-order valence-electron chi connectivity index (χ3n) is 4.53. The number of halogens is 1. The molecule has 2 atom stereocenters. The molecule has 1 fully saturated rings. The average molecular weight is 350 g/mol. The molecule has 2 heterocycles. The molecule has 1 aliphatic heterocycles. The third kappa shape index (κ3) is 4.56. The molecule has 1 N–H and O–H groups in total. The van der Waals surface area contributed by atoms with Crippen LogP contribution in [0.25, 0.3) is 11.4 Å². The Morgan fingerprint density at radius 2 is 2.29 bits per heavy atom. The van der Waals surface area contributed by atoms with Gasteiger partial charge in [0.05, 0.1) is 6.10 Å². The molecule has 1 aromatic heterocycles. The summed E-state index contributed by atoms with van der Waals surface area (Å²) in [7, 11) is 0. The van der Waals surface area contributed by atoms with Gasteiger partial charge in [-0.15, -0.1) is 0 Å². The third-order valence-corrected chi connectivity index (χ3v) is 4.76. The summed E-state index contributed by atoms with van der Waals surface area (Å²) in [6, 6.07) is 7.91. The summed E-state index contributed by atoms with van der Waals surface area (Å²) in [5.74, 6) is 1.22. The van der Waals surface area contributed by atoms with Crippen LogP contribution >= 0.6 is 11.6 Å². The molecule has 0 aliphatic carbocycles. The zero-order valence-corrected chi connectivity index (χ0v) is 14.7. The van der Waals surface area contributed by atoms with E-state index in [9.17, 15) is 5.11 Å². The first kappa shape index (κ1) is 17.4. The van der Waals surface area contributed by atoms with Crippen LogP contribution in [0, 0.1) is 0 Å². The smallest absolute Gasteiger partial charge is 0.228 e. The first-order valence-corrected chi connectivity index (χ1v) is 9.00. The predicted octanol–water partition coefficient (Wildman–Crippen LogP) is 3.56. The molecule has 2 aromatic rings. The van der Waals surface area contributed by atoms with Gasteiger partial charge in [-0.2, -0.15) is 4.98 Å². The van der Waals surface area contributed by atoms with E-state index in [2.05, 4.69) is 15.0 Å². The Morgan fingerprint density at radius 1 is 1.42 bits per heavy atom. The summed E-state index contributed by atoms with van der Waals surface area (Å²) < 4.78 is 5.39. The maximum atomic E-state index is 9.68. The second-order valence-corrected chi connectivity index (χ2v) is 6.98. The lowest BCUT2D eigenvalue weighted by Crippen LogP contribution is -2.42. The molecule has 0 bridgehead atoms. The van der Waals surface area contributed by atoms with E-state index in [1.807, 2.05) is 31.2 Å². The maximum Gasteiger partial charge on any atom is 0.228 e. The summed E-state index contributed by atoms with van der Waals surface area (Å²) in [5, 5.41) is 14.4. The number of likely N-dealkylation sites (tertiary alicyclic amines) is 1. The molecule has 1 saturated heterocycles.